The molecule has 1 aliphatic heterocycles. The van der Waals surface area contributed by atoms with Crippen molar-refractivity contribution in [2.24, 2.45) is 11.3 Å². The predicted octanol–water partition coefficient (Wildman–Crippen LogP) is 4.05. The van der Waals surface area contributed by atoms with E-state index in [4.69, 9.17) is 0 Å². The number of para-hydroxylation sites is 1. The Morgan fingerprint density at radius 3 is 2.69 bits per heavy atom. The maximum atomic E-state index is 13.3. The Bertz CT molecular complexity index is 1010. The molecule has 1 saturated heterocycles. The first-order valence-electron chi connectivity index (χ1n) is 10.4. The summed E-state index contributed by atoms with van der Waals surface area (Å²) in [7, 11) is 0. The molecule has 2 fully saturated rings. The van der Waals surface area contributed by atoms with Crippen molar-refractivity contribution in [3.63, 3.8) is 0 Å². The lowest BCUT2D eigenvalue weighted by Crippen LogP contribution is -2.54. The first kappa shape index (κ1) is 19.7. The van der Waals surface area contributed by atoms with Gasteiger partial charge in [0.15, 0.2) is 5.78 Å². The van der Waals surface area contributed by atoms with E-state index in [1.807, 2.05) is 18.2 Å². The highest BCUT2D eigenvalue weighted by Gasteiger charge is 2.56. The van der Waals surface area contributed by atoms with Crippen molar-refractivity contribution in [2.75, 3.05) is 6.54 Å². The highest BCUT2D eigenvalue weighted by molar-refractivity contribution is 6.14. The minimum absolute atomic E-state index is 0.0337. The number of Topliss-reactive ketones (excluding diaryl/α,β-unsaturated/α-hetero) is 1. The Morgan fingerprint density at radius 1 is 1.24 bits per heavy atom. The summed E-state index contributed by atoms with van der Waals surface area (Å²) in [6, 6.07) is 5.40. The summed E-state index contributed by atoms with van der Waals surface area (Å²) in [5.74, 6) is -0.155. The molecule has 2 aliphatic rings. The van der Waals surface area contributed by atoms with Crippen LogP contribution in [-0.2, 0) is 11.2 Å². The molecule has 0 bridgehead atoms. The number of carbonyl (C=O) groups is 3. The Morgan fingerprint density at radius 2 is 2.00 bits per heavy atom. The number of nitrogens with zero attached hydrogens (tertiary/aromatic N) is 1. The summed E-state index contributed by atoms with van der Waals surface area (Å²) in [5.41, 5.74) is 1.68. The van der Waals surface area contributed by atoms with Gasteiger partial charge < -0.3 is 10.3 Å². The zero-order valence-corrected chi connectivity index (χ0v) is 17.6. The number of aromatic nitrogens is 1. The number of amides is 3. The van der Waals surface area contributed by atoms with Crippen molar-refractivity contribution in [2.45, 2.75) is 58.9 Å². The Hall–Kier alpha value is -2.63. The summed E-state index contributed by atoms with van der Waals surface area (Å²) < 4.78 is 0. The fourth-order valence-corrected chi connectivity index (χ4v) is 5.62. The molecule has 1 aliphatic carbocycles. The fraction of sp³-hybridized carbons (Fsp3) is 0.522. The van der Waals surface area contributed by atoms with E-state index in [0.29, 0.717) is 24.3 Å². The van der Waals surface area contributed by atoms with Crippen LogP contribution in [0.3, 0.4) is 0 Å². The maximum Gasteiger partial charge on any atom is 0.325 e. The highest BCUT2D eigenvalue weighted by Crippen LogP contribution is 2.46. The number of H-pyrrole nitrogens is 1. The number of urea groups is 1. The van der Waals surface area contributed by atoms with Gasteiger partial charge in [-0.25, -0.2) is 4.79 Å². The molecular weight excluding hydrogens is 366 g/mol. The third-order valence-corrected chi connectivity index (χ3v) is 6.41. The molecule has 4 rings (SSSR count). The molecule has 29 heavy (non-hydrogen) atoms. The molecular formula is C23H29N3O3. The lowest BCUT2D eigenvalue weighted by Gasteiger charge is -2.43. The molecule has 3 amide bonds. The summed E-state index contributed by atoms with van der Waals surface area (Å²) in [5, 5.41) is 3.78. The Kier molecular flexibility index (Phi) is 4.56. The molecule has 154 valence electrons. The molecule has 0 radical (unpaired) electrons. The lowest BCUT2D eigenvalue weighted by molar-refractivity contribution is -0.134. The third kappa shape index (κ3) is 3.24. The second-order valence-corrected chi connectivity index (χ2v) is 9.58. The third-order valence-electron chi connectivity index (χ3n) is 6.41. The molecule has 2 N–H and O–H groups in total. The van der Waals surface area contributed by atoms with E-state index in [1.54, 1.807) is 6.20 Å². The topological polar surface area (TPSA) is 82.3 Å². The maximum absolute atomic E-state index is 13.3. The van der Waals surface area contributed by atoms with Gasteiger partial charge in [0, 0.05) is 22.7 Å². The van der Waals surface area contributed by atoms with Gasteiger partial charge in [0.25, 0.3) is 5.91 Å². The number of fused-ring (bicyclic) bond motifs is 1. The lowest BCUT2D eigenvalue weighted by atomic mass is 9.64. The van der Waals surface area contributed by atoms with Crippen LogP contribution in [0, 0.1) is 11.3 Å². The molecule has 1 aromatic carbocycles. The molecule has 6 heteroatoms. The van der Waals surface area contributed by atoms with Crippen LogP contribution in [0.1, 0.15) is 62.9 Å². The van der Waals surface area contributed by atoms with Crippen LogP contribution in [0.5, 0.6) is 0 Å². The molecule has 2 atom stereocenters. The minimum Gasteiger partial charge on any atom is -0.360 e. The largest absolute Gasteiger partial charge is 0.360 e. The number of nitrogens with one attached hydrogen (secondary N) is 2. The molecule has 1 saturated carbocycles. The number of hydrogen-bond acceptors (Lipinski definition) is 3. The van der Waals surface area contributed by atoms with Crippen molar-refractivity contribution < 1.29 is 14.4 Å². The van der Waals surface area contributed by atoms with Gasteiger partial charge in [-0.2, -0.15) is 0 Å². The minimum atomic E-state index is -0.881. The molecule has 2 heterocycles. The number of rotatable bonds is 4. The normalized spacial score (nSPS) is 26.3. The average molecular weight is 396 g/mol. The van der Waals surface area contributed by atoms with Crippen LogP contribution in [0.15, 0.2) is 24.4 Å². The molecule has 2 unspecified atom stereocenters. The smallest absolute Gasteiger partial charge is 0.325 e. The molecule has 1 spiro atoms. The predicted molar refractivity (Wildman–Crippen MR) is 112 cm³/mol. The first-order valence-corrected chi connectivity index (χ1v) is 10.4. The molecule has 2 aromatic rings. The average Bonchev–Trinajstić information content (AvgIpc) is 3.15. The van der Waals surface area contributed by atoms with E-state index in [0.717, 1.165) is 34.2 Å². The summed E-state index contributed by atoms with van der Waals surface area (Å²) in [4.78, 5) is 43.3. The van der Waals surface area contributed by atoms with Crippen molar-refractivity contribution in [1.82, 2.24) is 15.2 Å². The van der Waals surface area contributed by atoms with Gasteiger partial charge in [-0.15, -0.1) is 0 Å². The summed E-state index contributed by atoms with van der Waals surface area (Å²) in [6.45, 7) is 8.22. The fourth-order valence-electron chi connectivity index (χ4n) is 5.62. The van der Waals surface area contributed by atoms with E-state index in [-0.39, 0.29) is 23.7 Å². The Balaban J connectivity index is 1.60. The standard InChI is InChI=1S/C23H29N3O3/c1-5-15-7-6-8-16-17(11-24-19(15)16)18(27)12-26-20(28)23(25-21(26)29)10-14(2)9-22(3,4)13-23/h6-8,11,14,24H,5,9-10,12-13H2,1-4H3,(H,25,29). The number of hydrogen-bond donors (Lipinski definition) is 2. The van der Waals surface area contributed by atoms with Crippen molar-refractivity contribution in [3.8, 4) is 0 Å². The number of benzene rings is 1. The quantitative estimate of drug-likeness (QED) is 0.605. The van der Waals surface area contributed by atoms with Gasteiger partial charge in [-0.3, -0.25) is 14.5 Å². The van der Waals surface area contributed by atoms with Crippen LogP contribution < -0.4 is 5.32 Å². The van der Waals surface area contributed by atoms with Crippen molar-refractivity contribution in [3.05, 3.63) is 35.5 Å². The zero-order valence-electron chi connectivity index (χ0n) is 17.6. The summed E-state index contributed by atoms with van der Waals surface area (Å²) in [6.07, 6.45) is 4.79. The SMILES string of the molecule is CCc1cccc2c(C(=O)CN3C(=O)NC4(CC(C)CC(C)(C)C4)C3=O)c[nH]c12. The van der Waals surface area contributed by atoms with Gasteiger partial charge in [-0.1, -0.05) is 45.9 Å². The van der Waals surface area contributed by atoms with Crippen LogP contribution in [0.25, 0.3) is 10.9 Å². The second-order valence-electron chi connectivity index (χ2n) is 9.58. The van der Waals surface area contributed by atoms with Crippen LogP contribution in [0.2, 0.25) is 0 Å². The van der Waals surface area contributed by atoms with Gasteiger partial charge in [0.1, 0.15) is 5.54 Å². The monoisotopic (exact) mass is 395 g/mol. The van der Waals surface area contributed by atoms with Crippen molar-refractivity contribution in [1.29, 1.82) is 0 Å². The number of ketones is 1. The summed E-state index contributed by atoms with van der Waals surface area (Å²) >= 11 is 0. The van der Waals surface area contributed by atoms with E-state index in [1.165, 1.54) is 0 Å². The van der Waals surface area contributed by atoms with E-state index in [2.05, 4.69) is 38.0 Å². The number of carbonyl (C=O) groups excluding carboxylic acids is 3. The molecule has 6 nitrogen and oxygen atoms in total. The number of aryl methyl sites for hydroxylation is 1. The van der Waals surface area contributed by atoms with E-state index >= 15 is 0 Å². The second kappa shape index (κ2) is 6.71. The van der Waals surface area contributed by atoms with Gasteiger partial charge >= 0.3 is 6.03 Å². The van der Waals surface area contributed by atoms with Crippen LogP contribution in [-0.4, -0.2) is 39.7 Å². The van der Waals surface area contributed by atoms with Crippen LogP contribution >= 0.6 is 0 Å². The van der Waals surface area contributed by atoms with Crippen molar-refractivity contribution >= 4 is 28.6 Å². The first-order chi connectivity index (χ1) is 13.7. The van der Waals surface area contributed by atoms with Crippen LogP contribution in [0.4, 0.5) is 4.79 Å². The number of aromatic amines is 1. The van der Waals surface area contributed by atoms with Gasteiger partial charge in [-0.05, 0) is 42.6 Å². The van der Waals surface area contributed by atoms with Gasteiger partial charge in [0.05, 0.1) is 6.54 Å². The highest BCUT2D eigenvalue weighted by atomic mass is 16.2. The van der Waals surface area contributed by atoms with Gasteiger partial charge in [0.2, 0.25) is 0 Å². The molecule has 1 aromatic heterocycles. The van der Waals surface area contributed by atoms with E-state index in [9.17, 15) is 14.4 Å². The van der Waals surface area contributed by atoms with E-state index < -0.39 is 11.6 Å². The Labute approximate surface area is 171 Å². The number of imide groups is 1. The zero-order chi connectivity index (χ0) is 21.0.